The zero-order valence-electron chi connectivity index (χ0n) is 16.0. The zero-order chi connectivity index (χ0) is 22.6. The SMILES string of the molecule is O=C(NC(Cc1cc(C(F)(F)F)n[nH]1)=NC1CCCOC1)c1ccc(C(F)(F)F)cc1. The number of amidine groups is 1. The molecule has 1 saturated heterocycles. The summed E-state index contributed by atoms with van der Waals surface area (Å²) in [4.78, 5) is 16.9. The zero-order valence-corrected chi connectivity index (χ0v) is 16.0. The third-order valence-corrected chi connectivity index (χ3v) is 4.49. The normalized spacial score (nSPS) is 18.1. The Balaban J connectivity index is 1.78. The first-order valence-electron chi connectivity index (χ1n) is 9.27. The number of H-pyrrole nitrogens is 1. The standard InChI is InChI=1S/C19H18F6N4O2/c20-18(21,22)12-5-3-11(4-6-12)17(30)27-16(26-13-2-1-7-31-10-13)9-14-8-15(29-28-14)19(23,24)25/h3-6,8,13H,1-2,7,9-10H2,(H,28,29)(H,26,27,30). The number of halogens is 6. The number of carbonyl (C=O) groups is 1. The number of nitrogens with zero attached hydrogens (tertiary/aromatic N) is 2. The van der Waals surface area contributed by atoms with Gasteiger partial charge in [0, 0.05) is 24.3 Å². The highest BCUT2D eigenvalue weighted by Crippen LogP contribution is 2.29. The van der Waals surface area contributed by atoms with Gasteiger partial charge in [0.25, 0.3) is 5.91 Å². The first-order chi connectivity index (χ1) is 14.5. The maximum absolute atomic E-state index is 12.8. The summed E-state index contributed by atoms with van der Waals surface area (Å²) < 4.78 is 81.8. The van der Waals surface area contributed by atoms with Gasteiger partial charge in [-0.15, -0.1) is 0 Å². The number of nitrogens with one attached hydrogen (secondary N) is 2. The molecule has 1 aliphatic heterocycles. The lowest BCUT2D eigenvalue weighted by molar-refractivity contribution is -0.141. The van der Waals surface area contributed by atoms with Crippen molar-refractivity contribution in [2.45, 2.75) is 37.7 Å². The van der Waals surface area contributed by atoms with Crippen LogP contribution in [0.15, 0.2) is 35.3 Å². The summed E-state index contributed by atoms with van der Waals surface area (Å²) in [7, 11) is 0. The van der Waals surface area contributed by atoms with Crippen molar-refractivity contribution in [3.63, 3.8) is 0 Å². The van der Waals surface area contributed by atoms with E-state index in [4.69, 9.17) is 4.74 Å². The van der Waals surface area contributed by atoms with Crippen LogP contribution in [0.1, 0.15) is 40.2 Å². The van der Waals surface area contributed by atoms with Crippen LogP contribution >= 0.6 is 0 Å². The number of benzene rings is 1. The summed E-state index contributed by atoms with van der Waals surface area (Å²) in [5.74, 6) is -0.683. The topological polar surface area (TPSA) is 79.4 Å². The maximum atomic E-state index is 12.8. The van der Waals surface area contributed by atoms with Crippen molar-refractivity contribution in [1.82, 2.24) is 15.5 Å². The van der Waals surface area contributed by atoms with Crippen LogP contribution in [0.5, 0.6) is 0 Å². The average molecular weight is 448 g/mol. The van der Waals surface area contributed by atoms with E-state index in [1.165, 1.54) is 0 Å². The van der Waals surface area contributed by atoms with Crippen molar-refractivity contribution in [2.75, 3.05) is 13.2 Å². The van der Waals surface area contributed by atoms with E-state index in [1.807, 2.05) is 0 Å². The van der Waals surface area contributed by atoms with E-state index >= 15 is 0 Å². The average Bonchev–Trinajstić information content (AvgIpc) is 3.17. The highest BCUT2D eigenvalue weighted by Gasteiger charge is 2.34. The first-order valence-corrected chi connectivity index (χ1v) is 9.27. The van der Waals surface area contributed by atoms with Gasteiger partial charge in [0.1, 0.15) is 5.84 Å². The Morgan fingerprint density at radius 2 is 1.87 bits per heavy atom. The number of hydrogen-bond donors (Lipinski definition) is 2. The van der Waals surface area contributed by atoms with Crippen molar-refractivity contribution >= 4 is 11.7 Å². The smallest absolute Gasteiger partial charge is 0.379 e. The van der Waals surface area contributed by atoms with Crippen LogP contribution in [0.2, 0.25) is 0 Å². The van der Waals surface area contributed by atoms with Gasteiger partial charge in [-0.3, -0.25) is 14.9 Å². The minimum Gasteiger partial charge on any atom is -0.379 e. The molecule has 12 heteroatoms. The molecule has 1 aromatic heterocycles. The molecule has 0 aliphatic carbocycles. The number of rotatable bonds is 4. The quantitative estimate of drug-likeness (QED) is 0.422. The Morgan fingerprint density at radius 1 is 1.16 bits per heavy atom. The van der Waals surface area contributed by atoms with Gasteiger partial charge in [0.15, 0.2) is 5.69 Å². The lowest BCUT2D eigenvalue weighted by Crippen LogP contribution is -2.34. The summed E-state index contributed by atoms with van der Waals surface area (Å²) in [6, 6.07) is 4.06. The fourth-order valence-electron chi connectivity index (χ4n) is 2.96. The van der Waals surface area contributed by atoms with Crippen LogP contribution in [0.25, 0.3) is 0 Å². The number of hydrogen-bond acceptors (Lipinski definition) is 4. The Kier molecular flexibility index (Phi) is 6.68. The van der Waals surface area contributed by atoms with E-state index < -0.39 is 29.5 Å². The van der Waals surface area contributed by atoms with Gasteiger partial charge in [0.05, 0.1) is 18.2 Å². The number of ether oxygens (including phenoxy) is 1. The highest BCUT2D eigenvalue weighted by atomic mass is 19.4. The van der Waals surface area contributed by atoms with Crippen LogP contribution in [0, 0.1) is 0 Å². The van der Waals surface area contributed by atoms with Gasteiger partial charge < -0.3 is 10.1 Å². The Bertz CT molecular complexity index is 928. The van der Waals surface area contributed by atoms with Crippen LogP contribution in [-0.2, 0) is 23.5 Å². The molecule has 2 heterocycles. The summed E-state index contributed by atoms with van der Waals surface area (Å²) in [6.07, 6.45) is -7.97. The number of amides is 1. The molecule has 0 bridgehead atoms. The fraction of sp³-hybridized carbons (Fsp3) is 0.421. The molecule has 0 spiro atoms. The Morgan fingerprint density at radius 3 is 2.42 bits per heavy atom. The molecule has 1 aromatic carbocycles. The number of carbonyl (C=O) groups excluding carboxylic acids is 1. The van der Waals surface area contributed by atoms with Gasteiger partial charge in [-0.2, -0.15) is 31.4 Å². The van der Waals surface area contributed by atoms with Crippen molar-refractivity contribution in [3.05, 3.63) is 52.8 Å². The van der Waals surface area contributed by atoms with Gasteiger partial charge >= 0.3 is 12.4 Å². The second-order valence-electron chi connectivity index (χ2n) is 6.93. The molecule has 1 atom stereocenters. The Hall–Kier alpha value is -2.89. The largest absolute Gasteiger partial charge is 0.435 e. The molecule has 3 rings (SSSR count). The fourth-order valence-corrected chi connectivity index (χ4v) is 2.96. The molecule has 31 heavy (non-hydrogen) atoms. The predicted octanol–water partition coefficient (Wildman–Crippen LogP) is 4.00. The van der Waals surface area contributed by atoms with E-state index in [9.17, 15) is 31.1 Å². The lowest BCUT2D eigenvalue weighted by atomic mass is 10.1. The van der Waals surface area contributed by atoms with E-state index in [2.05, 4.69) is 20.5 Å². The molecule has 2 aromatic rings. The first kappa shape index (κ1) is 22.8. The van der Waals surface area contributed by atoms with Crippen molar-refractivity contribution < 1.29 is 35.9 Å². The molecule has 1 unspecified atom stereocenters. The molecule has 0 saturated carbocycles. The van der Waals surface area contributed by atoms with Crippen molar-refractivity contribution in [3.8, 4) is 0 Å². The van der Waals surface area contributed by atoms with E-state index in [0.29, 0.717) is 13.0 Å². The van der Waals surface area contributed by atoms with E-state index in [1.54, 1.807) is 0 Å². The minimum atomic E-state index is -4.63. The van der Waals surface area contributed by atoms with Gasteiger partial charge in [0.2, 0.25) is 0 Å². The van der Waals surface area contributed by atoms with Crippen LogP contribution in [0.3, 0.4) is 0 Å². The second-order valence-corrected chi connectivity index (χ2v) is 6.93. The second kappa shape index (κ2) is 9.08. The summed E-state index contributed by atoms with van der Waals surface area (Å²) in [6.45, 7) is 0.852. The van der Waals surface area contributed by atoms with Gasteiger partial charge in [-0.25, -0.2) is 0 Å². The van der Waals surface area contributed by atoms with Crippen molar-refractivity contribution in [2.24, 2.45) is 4.99 Å². The number of aromatic amines is 1. The third-order valence-electron chi connectivity index (χ3n) is 4.49. The van der Waals surface area contributed by atoms with Gasteiger partial charge in [-0.1, -0.05) is 0 Å². The summed E-state index contributed by atoms with van der Waals surface area (Å²) in [5, 5.41) is 7.95. The molecular formula is C19H18F6N4O2. The third kappa shape index (κ3) is 6.29. The monoisotopic (exact) mass is 448 g/mol. The Labute approximate surface area is 172 Å². The molecule has 2 N–H and O–H groups in total. The number of aliphatic imine (C=N–C) groups is 1. The van der Waals surface area contributed by atoms with Crippen LogP contribution < -0.4 is 5.32 Å². The summed E-state index contributed by atoms with van der Waals surface area (Å²) in [5.41, 5.74) is -2.01. The molecule has 1 fully saturated rings. The molecule has 1 amide bonds. The molecule has 168 valence electrons. The molecule has 6 nitrogen and oxygen atoms in total. The minimum absolute atomic E-state index is 0.0535. The number of aromatic nitrogens is 2. The van der Waals surface area contributed by atoms with Crippen molar-refractivity contribution in [1.29, 1.82) is 0 Å². The summed E-state index contributed by atoms with van der Waals surface area (Å²) >= 11 is 0. The molecule has 0 radical (unpaired) electrons. The number of alkyl halides is 6. The lowest BCUT2D eigenvalue weighted by Gasteiger charge is -2.20. The van der Waals surface area contributed by atoms with Crippen LogP contribution in [-0.4, -0.2) is 41.2 Å². The predicted molar refractivity (Wildman–Crippen MR) is 97.5 cm³/mol. The van der Waals surface area contributed by atoms with Crippen LogP contribution in [0.4, 0.5) is 26.3 Å². The molecular weight excluding hydrogens is 430 g/mol. The van der Waals surface area contributed by atoms with E-state index in [0.717, 1.165) is 36.8 Å². The van der Waals surface area contributed by atoms with E-state index in [-0.39, 0.29) is 36.2 Å². The molecule has 1 aliphatic rings. The maximum Gasteiger partial charge on any atom is 0.435 e. The van der Waals surface area contributed by atoms with Gasteiger partial charge in [-0.05, 0) is 43.2 Å². The highest BCUT2D eigenvalue weighted by molar-refractivity contribution is 6.06.